The van der Waals surface area contributed by atoms with E-state index in [4.69, 9.17) is 168 Å². The second kappa shape index (κ2) is 100. The molecule has 14 nitrogen and oxygen atoms in total. The number of nitrogens with zero attached hydrogens (tertiary/aromatic N) is 4. The van der Waals surface area contributed by atoms with Gasteiger partial charge >= 0.3 is 0 Å². The molecule has 6 rings (SSSR count). The van der Waals surface area contributed by atoms with Gasteiger partial charge in [0, 0.05) is 183 Å². The molecule has 0 unspecified atom stereocenters. The Morgan fingerprint density at radius 2 is 0.412 bits per heavy atom. The number of hydrogen-bond acceptors (Lipinski definition) is 14. The molecule has 0 N–H and O–H groups in total. The number of halogens is 12. The Bertz CT molecular complexity index is 2320. The minimum atomic E-state index is -1.30. The molecule has 6 aromatic rings. The zero-order valence-corrected chi connectivity index (χ0v) is 90.6. The molecule has 2 aromatic carbocycles. The van der Waals surface area contributed by atoms with Crippen molar-refractivity contribution in [3.63, 3.8) is 0 Å². The number of alkyl halides is 12. The molecule has 102 heavy (non-hydrogen) atoms. The van der Waals surface area contributed by atoms with Crippen LogP contribution >= 0.6 is 139 Å². The number of carboxylic acids is 2. The number of carboxylic acid groups (broad SMARTS) is 2. The smallest absolute Gasteiger partial charge is 0.203 e. The molecule has 0 saturated heterocycles. The Morgan fingerprint density at radius 3 is 0.480 bits per heavy atom. The minimum absolute atomic E-state index is 0. The Balaban J connectivity index is -0.0000000410. The van der Waals surface area contributed by atoms with Crippen LogP contribution in [0.4, 0.5) is 0 Å². The van der Waals surface area contributed by atoms with Gasteiger partial charge in [0.2, 0.25) is 11.5 Å². The molecule has 0 aliphatic carbocycles. The van der Waals surface area contributed by atoms with E-state index in [-0.39, 0.29) is 318 Å². The molecule has 4 heterocycles. The summed E-state index contributed by atoms with van der Waals surface area (Å²) in [6.45, 7) is 26.4. The summed E-state index contributed by atoms with van der Waals surface area (Å²) >= 11 is 57.2. The molecule has 6 radical (unpaired) electrons. The predicted molar refractivity (Wildman–Crippen MR) is 431 cm³/mol. The van der Waals surface area contributed by atoms with Crippen LogP contribution in [0, 0.1) is 0 Å². The van der Waals surface area contributed by atoms with Gasteiger partial charge in [-0.15, -0.1) is 139 Å². The number of benzene rings is 2. The van der Waals surface area contributed by atoms with Gasteiger partial charge in [-0.1, -0.05) is 83.1 Å². The van der Waals surface area contributed by atoms with E-state index >= 15 is 0 Å². The van der Waals surface area contributed by atoms with Crippen molar-refractivity contribution in [3.8, 4) is 34.5 Å². The van der Waals surface area contributed by atoms with Crippen molar-refractivity contribution in [2.45, 2.75) is 105 Å². The average molecular weight is 2850 g/mol. The number of methoxy groups -OCH3 is 6. The third-order valence-electron chi connectivity index (χ3n) is 9.99. The van der Waals surface area contributed by atoms with Crippen LogP contribution in [0.25, 0.3) is 0 Å². The molecule has 4 aromatic heterocycles. The maximum Gasteiger partial charge on any atom is 0.203 e. The summed E-state index contributed by atoms with van der Waals surface area (Å²) in [5, 5.41) is 22.5. The monoisotopic (exact) mass is 2840 g/mol. The van der Waals surface area contributed by atoms with Crippen LogP contribution in [0.15, 0.2) is 122 Å². The second-order valence-electron chi connectivity index (χ2n) is 20.0. The fourth-order valence-electron chi connectivity index (χ4n) is 5.81. The number of aromatic carboxylic acids is 2. The predicted octanol–water partition coefficient (Wildman–Crippen LogP) is 18.2. The number of hydrogen-bond donors (Lipinski definition) is 0. The van der Waals surface area contributed by atoms with Crippen molar-refractivity contribution in [3.05, 3.63) is 156 Å². The number of carbonyl (C=O) groups is 2. The quantitative estimate of drug-likeness (QED) is 0.131. The van der Waals surface area contributed by atoms with Crippen LogP contribution in [0.2, 0.25) is 0 Å². The Morgan fingerprint density at radius 1 is 0.294 bits per heavy atom. The normalized spacial score (nSPS) is 8.37. The molecule has 0 fully saturated rings. The van der Waals surface area contributed by atoms with E-state index in [1.54, 1.807) is 0 Å². The molecule has 0 bridgehead atoms. The molecule has 0 saturated carbocycles. The molecule has 606 valence electrons. The molecule has 0 atom stereocenters. The number of aromatic nitrogens is 4. The van der Waals surface area contributed by atoms with Crippen LogP contribution in [0.5, 0.6) is 34.5 Å². The number of carbonyl (C=O) groups excluding carboxylic acids is 2. The van der Waals surface area contributed by atoms with Crippen LogP contribution in [0.1, 0.15) is 126 Å². The first-order chi connectivity index (χ1) is 41.2. The first-order valence-corrected chi connectivity index (χ1v) is 32.0. The van der Waals surface area contributed by atoms with E-state index in [0.29, 0.717) is 11.5 Å². The zero-order valence-electron chi connectivity index (χ0n) is 58.7. The van der Waals surface area contributed by atoms with Crippen LogP contribution in [0.3, 0.4) is 0 Å². The van der Waals surface area contributed by atoms with Crippen molar-refractivity contribution in [1.82, 2.24) is 19.9 Å². The topological polar surface area (TPSA) is 187 Å². The molecule has 0 aliphatic heterocycles. The molecular formula is C62H86Cl12N4O10Re6S8-18. The summed E-state index contributed by atoms with van der Waals surface area (Å²) in [7, 11) is 8.54. The van der Waals surface area contributed by atoms with E-state index in [2.05, 4.69) is 152 Å². The molecule has 40 heteroatoms. The number of pyridine rings is 4. The maximum absolute atomic E-state index is 10.7. The maximum atomic E-state index is 10.7. The summed E-state index contributed by atoms with van der Waals surface area (Å²) in [6, 6.07) is 21.7. The fraction of sp³-hybridized carbons (Fsp3) is 0.452. The van der Waals surface area contributed by atoms with E-state index in [0.717, 1.165) is 0 Å². The molecule has 0 amide bonds. The first-order valence-electron chi connectivity index (χ1n) is 25.5. The third kappa shape index (κ3) is 87.0. The number of ether oxygens (including phenoxy) is 6. The second-order valence-corrected chi connectivity index (χ2v) is 24.8. The van der Waals surface area contributed by atoms with Gasteiger partial charge in [-0.3, -0.25) is 19.9 Å². The van der Waals surface area contributed by atoms with Crippen molar-refractivity contribution in [1.29, 1.82) is 0 Å². The van der Waals surface area contributed by atoms with Crippen LogP contribution in [-0.4, -0.2) is 107 Å². The van der Waals surface area contributed by atoms with Gasteiger partial charge < -0.3 is 156 Å². The van der Waals surface area contributed by atoms with E-state index in [1.807, 2.05) is 49.6 Å². The summed E-state index contributed by atoms with van der Waals surface area (Å²) in [6.07, 6.45) is 14.7. The van der Waals surface area contributed by atoms with Gasteiger partial charge in [0.1, 0.15) is 0 Å². The summed E-state index contributed by atoms with van der Waals surface area (Å²) < 4.78 is 30.0. The van der Waals surface area contributed by atoms with Gasteiger partial charge in [0.25, 0.3) is 0 Å². The number of rotatable bonds is 8. The van der Waals surface area contributed by atoms with Crippen molar-refractivity contribution < 1.29 is 171 Å². The van der Waals surface area contributed by atoms with Crippen LogP contribution in [-0.2, 0) is 252 Å². The van der Waals surface area contributed by atoms with Gasteiger partial charge in [-0.2, -0.15) is 0 Å². The third-order valence-corrected chi connectivity index (χ3v) is 9.99. The average Bonchev–Trinajstić information content (AvgIpc) is 0.834. The van der Waals surface area contributed by atoms with Gasteiger partial charge in [-0.05, 0) is 117 Å². The van der Waals surface area contributed by atoms with E-state index < -0.39 is 11.9 Å². The minimum Gasteiger partial charge on any atom is -2.00 e. The molecule has 0 aliphatic rings. The largest absolute Gasteiger partial charge is 2.00 e. The summed E-state index contributed by atoms with van der Waals surface area (Å²) in [5.41, 5.74) is 6.31. The Kier molecular flexibility index (Phi) is 154. The fourth-order valence-corrected chi connectivity index (χ4v) is 5.81. The van der Waals surface area contributed by atoms with Crippen molar-refractivity contribution in [2.75, 3.05) is 74.7 Å². The van der Waals surface area contributed by atoms with Gasteiger partial charge in [0.05, 0.1) is 86.6 Å². The zero-order chi connectivity index (χ0) is 69.5. The van der Waals surface area contributed by atoms with Gasteiger partial charge in [0.15, 0.2) is 23.0 Å². The Hall–Kier alpha value is 3.03. The Labute approximate surface area is 808 Å². The standard InChI is InChI=1S/2C10H12O5.4C9H13N.6CH2Cl2.6Re.8S/c2*1-13-7-4-6(10(11)12)5-8(14-2)9(7)15-3;4*1-9(2,3)8-4-6-10-7-5-8;6*2-1-3;;;;;;;;;;;;;;/h2*4-5H,1-3H3,(H,11,12);4*4-7H,1-3H3;6*1H2;;;;;;;;;;;;;;/q;;;;;;;;;;;;;;;;;;8*-2/p-2. The van der Waals surface area contributed by atoms with E-state index in [9.17, 15) is 19.8 Å². The molecule has 0 spiro atoms. The molecular weight excluding hydrogens is 2760 g/mol. The first kappa shape index (κ1) is 157. The SMILES string of the molecule is CC(C)(C)c1ccncc1.CC(C)(C)c1ccncc1.CC(C)(C)c1ccncc1.CC(C)(C)c1ccncc1.COc1cc(C(=O)[O-])cc(OC)c1OC.COc1cc(C(=O)[O-])cc(OC)c1OC.ClCCl.ClCCl.ClCCl.ClCCl.ClCCl.ClCCl.[Re].[Re].[Re].[Re].[Re].[Re].[S-2].[S-2].[S-2].[S-2].[S-2].[S-2].[S-2].[S-2]. The summed E-state index contributed by atoms with van der Waals surface area (Å²) in [4.78, 5) is 37.2. The van der Waals surface area contributed by atoms with E-state index in [1.165, 1.54) is 89.2 Å². The van der Waals surface area contributed by atoms with Crippen LogP contribution < -0.4 is 38.6 Å². The van der Waals surface area contributed by atoms with Crippen molar-refractivity contribution in [2.24, 2.45) is 0 Å². The van der Waals surface area contributed by atoms with Crippen molar-refractivity contribution >= 4 is 259 Å². The summed E-state index contributed by atoms with van der Waals surface area (Å²) in [5.74, 6) is -0.738. The van der Waals surface area contributed by atoms with Gasteiger partial charge in [-0.25, -0.2) is 0 Å².